The van der Waals surface area contributed by atoms with E-state index in [0.29, 0.717) is 6.04 Å². The monoisotopic (exact) mass is 236 g/mol. The predicted octanol–water partition coefficient (Wildman–Crippen LogP) is 1.84. The van der Waals surface area contributed by atoms with Gasteiger partial charge < -0.3 is 15.0 Å². The standard InChI is InChI=1S/C13H20N2O2/c1-17-13(16)10-4-6-11(7-5-10)15-9-12-3-2-8-14-12/h2-3,8,10-11,14-15H,4-7,9H2,1H3. The van der Waals surface area contributed by atoms with Crippen LogP contribution in [-0.2, 0) is 16.1 Å². The molecular weight excluding hydrogens is 216 g/mol. The van der Waals surface area contributed by atoms with Crippen LogP contribution in [-0.4, -0.2) is 24.1 Å². The summed E-state index contributed by atoms with van der Waals surface area (Å²) < 4.78 is 4.78. The second-order valence-corrected chi connectivity index (χ2v) is 4.65. The molecule has 0 aliphatic heterocycles. The number of carbonyl (C=O) groups excluding carboxylic acids is 1. The highest BCUT2D eigenvalue weighted by Crippen LogP contribution is 2.25. The summed E-state index contributed by atoms with van der Waals surface area (Å²) in [4.78, 5) is 14.5. The van der Waals surface area contributed by atoms with E-state index in [1.807, 2.05) is 12.3 Å². The average Bonchev–Trinajstić information content (AvgIpc) is 2.89. The normalized spacial score (nSPS) is 24.5. The van der Waals surface area contributed by atoms with Crippen molar-refractivity contribution in [2.75, 3.05) is 7.11 Å². The molecule has 17 heavy (non-hydrogen) atoms. The molecule has 1 aliphatic rings. The van der Waals surface area contributed by atoms with Gasteiger partial charge in [-0.25, -0.2) is 0 Å². The molecular formula is C13H20N2O2. The molecule has 4 heteroatoms. The van der Waals surface area contributed by atoms with Gasteiger partial charge in [-0.2, -0.15) is 0 Å². The van der Waals surface area contributed by atoms with Gasteiger partial charge in [0, 0.05) is 24.5 Å². The second kappa shape index (κ2) is 5.87. The van der Waals surface area contributed by atoms with Crippen LogP contribution in [0.1, 0.15) is 31.4 Å². The maximum atomic E-state index is 11.4. The Morgan fingerprint density at radius 2 is 2.24 bits per heavy atom. The number of hydrogen-bond acceptors (Lipinski definition) is 3. The lowest BCUT2D eigenvalue weighted by Crippen LogP contribution is -2.34. The fraction of sp³-hybridized carbons (Fsp3) is 0.615. The molecule has 1 aromatic rings. The number of methoxy groups -OCH3 is 1. The van der Waals surface area contributed by atoms with Gasteiger partial charge in [0.05, 0.1) is 13.0 Å². The van der Waals surface area contributed by atoms with E-state index in [4.69, 9.17) is 4.74 Å². The molecule has 0 spiro atoms. The molecule has 0 unspecified atom stereocenters. The molecule has 0 radical (unpaired) electrons. The van der Waals surface area contributed by atoms with Gasteiger partial charge in [-0.05, 0) is 37.8 Å². The highest BCUT2D eigenvalue weighted by Gasteiger charge is 2.26. The number of hydrogen-bond donors (Lipinski definition) is 2. The van der Waals surface area contributed by atoms with E-state index in [0.717, 1.165) is 32.2 Å². The van der Waals surface area contributed by atoms with Gasteiger partial charge in [-0.15, -0.1) is 0 Å². The van der Waals surface area contributed by atoms with Crippen molar-refractivity contribution < 1.29 is 9.53 Å². The largest absolute Gasteiger partial charge is 0.469 e. The van der Waals surface area contributed by atoms with Crippen LogP contribution in [0.25, 0.3) is 0 Å². The van der Waals surface area contributed by atoms with Crippen molar-refractivity contribution in [1.82, 2.24) is 10.3 Å². The number of aromatic nitrogens is 1. The average molecular weight is 236 g/mol. The van der Waals surface area contributed by atoms with E-state index < -0.39 is 0 Å². The lowest BCUT2D eigenvalue weighted by Gasteiger charge is -2.27. The summed E-state index contributed by atoms with van der Waals surface area (Å²) in [5.41, 5.74) is 1.21. The minimum atomic E-state index is -0.0483. The Morgan fingerprint density at radius 1 is 1.47 bits per heavy atom. The summed E-state index contributed by atoms with van der Waals surface area (Å²) in [6.45, 7) is 0.876. The summed E-state index contributed by atoms with van der Waals surface area (Å²) in [6.07, 6.45) is 5.93. The Hall–Kier alpha value is -1.29. The molecule has 0 aromatic carbocycles. The molecule has 94 valence electrons. The Bertz CT molecular complexity index is 340. The van der Waals surface area contributed by atoms with Crippen LogP contribution in [0, 0.1) is 5.92 Å². The number of ether oxygens (including phenoxy) is 1. The maximum absolute atomic E-state index is 11.4. The van der Waals surface area contributed by atoms with E-state index in [1.165, 1.54) is 12.8 Å². The number of aromatic amines is 1. The van der Waals surface area contributed by atoms with Crippen LogP contribution < -0.4 is 5.32 Å². The zero-order valence-corrected chi connectivity index (χ0v) is 10.2. The first kappa shape index (κ1) is 12.2. The highest BCUT2D eigenvalue weighted by molar-refractivity contribution is 5.72. The van der Waals surface area contributed by atoms with Crippen molar-refractivity contribution in [1.29, 1.82) is 0 Å². The summed E-state index contributed by atoms with van der Waals surface area (Å²) in [5.74, 6) is 0.0661. The molecule has 2 N–H and O–H groups in total. The first-order valence-electron chi connectivity index (χ1n) is 6.23. The van der Waals surface area contributed by atoms with Gasteiger partial charge in [0.15, 0.2) is 0 Å². The number of nitrogens with one attached hydrogen (secondary N) is 2. The molecule has 1 saturated carbocycles. The highest BCUT2D eigenvalue weighted by atomic mass is 16.5. The Morgan fingerprint density at radius 3 is 2.82 bits per heavy atom. The number of rotatable bonds is 4. The van der Waals surface area contributed by atoms with Gasteiger partial charge in [-0.3, -0.25) is 4.79 Å². The summed E-state index contributed by atoms with van der Waals surface area (Å²) in [7, 11) is 1.47. The van der Waals surface area contributed by atoms with E-state index in [1.54, 1.807) is 0 Å². The number of carbonyl (C=O) groups is 1. The second-order valence-electron chi connectivity index (χ2n) is 4.65. The third-order valence-corrected chi connectivity index (χ3v) is 3.51. The molecule has 0 atom stereocenters. The van der Waals surface area contributed by atoms with Gasteiger partial charge >= 0.3 is 5.97 Å². The summed E-state index contributed by atoms with van der Waals surface area (Å²) >= 11 is 0. The Balaban J connectivity index is 1.70. The van der Waals surface area contributed by atoms with Crippen molar-refractivity contribution in [2.24, 2.45) is 5.92 Å². The van der Waals surface area contributed by atoms with Crippen LogP contribution >= 0.6 is 0 Å². The molecule has 1 aromatic heterocycles. The third kappa shape index (κ3) is 3.33. The van der Waals surface area contributed by atoms with Gasteiger partial charge in [0.1, 0.15) is 0 Å². The first-order valence-corrected chi connectivity index (χ1v) is 6.23. The summed E-state index contributed by atoms with van der Waals surface area (Å²) in [6, 6.07) is 4.61. The van der Waals surface area contributed by atoms with Crippen molar-refractivity contribution in [3.63, 3.8) is 0 Å². The lowest BCUT2D eigenvalue weighted by atomic mass is 9.86. The molecule has 1 fully saturated rings. The molecule has 4 nitrogen and oxygen atoms in total. The fourth-order valence-electron chi connectivity index (χ4n) is 2.43. The van der Waals surface area contributed by atoms with E-state index >= 15 is 0 Å². The van der Waals surface area contributed by atoms with Crippen LogP contribution in [0.4, 0.5) is 0 Å². The third-order valence-electron chi connectivity index (χ3n) is 3.51. The summed E-state index contributed by atoms with van der Waals surface area (Å²) in [5, 5.41) is 3.52. The van der Waals surface area contributed by atoms with Gasteiger partial charge in [0.25, 0.3) is 0 Å². The van der Waals surface area contributed by atoms with E-state index in [9.17, 15) is 4.79 Å². The Labute approximate surface area is 102 Å². The van der Waals surface area contributed by atoms with Crippen molar-refractivity contribution in [2.45, 2.75) is 38.3 Å². The minimum Gasteiger partial charge on any atom is -0.469 e. The minimum absolute atomic E-state index is 0.0483. The van der Waals surface area contributed by atoms with Crippen molar-refractivity contribution in [3.8, 4) is 0 Å². The number of H-pyrrole nitrogens is 1. The van der Waals surface area contributed by atoms with E-state index in [-0.39, 0.29) is 11.9 Å². The van der Waals surface area contributed by atoms with Crippen LogP contribution in [0.5, 0.6) is 0 Å². The maximum Gasteiger partial charge on any atom is 0.308 e. The quantitative estimate of drug-likeness (QED) is 0.784. The molecule has 1 heterocycles. The molecule has 0 saturated heterocycles. The topological polar surface area (TPSA) is 54.1 Å². The molecule has 0 amide bonds. The van der Waals surface area contributed by atoms with Gasteiger partial charge in [-0.1, -0.05) is 0 Å². The zero-order chi connectivity index (χ0) is 12.1. The number of esters is 1. The SMILES string of the molecule is COC(=O)C1CCC(NCc2ccc[nH]2)CC1. The lowest BCUT2D eigenvalue weighted by molar-refractivity contribution is -0.146. The van der Waals surface area contributed by atoms with E-state index in [2.05, 4.69) is 16.4 Å². The van der Waals surface area contributed by atoms with Crippen LogP contribution in [0.15, 0.2) is 18.3 Å². The van der Waals surface area contributed by atoms with Crippen molar-refractivity contribution >= 4 is 5.97 Å². The van der Waals surface area contributed by atoms with Crippen LogP contribution in [0.2, 0.25) is 0 Å². The predicted molar refractivity (Wildman–Crippen MR) is 65.4 cm³/mol. The zero-order valence-electron chi connectivity index (χ0n) is 10.2. The first-order chi connectivity index (χ1) is 8.29. The molecule has 2 rings (SSSR count). The van der Waals surface area contributed by atoms with Crippen molar-refractivity contribution in [3.05, 3.63) is 24.0 Å². The molecule has 1 aliphatic carbocycles. The molecule has 0 bridgehead atoms. The van der Waals surface area contributed by atoms with Crippen LogP contribution in [0.3, 0.4) is 0 Å². The fourth-order valence-corrected chi connectivity index (χ4v) is 2.43. The Kier molecular flexibility index (Phi) is 4.20. The van der Waals surface area contributed by atoms with Gasteiger partial charge in [0.2, 0.25) is 0 Å². The smallest absolute Gasteiger partial charge is 0.308 e.